The van der Waals surface area contributed by atoms with Crippen molar-refractivity contribution in [2.75, 3.05) is 18.5 Å². The van der Waals surface area contributed by atoms with Gasteiger partial charge in [0.05, 0.1) is 6.61 Å². The predicted octanol–water partition coefficient (Wildman–Crippen LogP) is 2.83. The van der Waals surface area contributed by atoms with E-state index in [1.165, 1.54) is 0 Å². The maximum atomic E-state index is 12.5. The smallest absolute Gasteiger partial charge is 0.276 e. The Morgan fingerprint density at radius 1 is 1.42 bits per heavy atom. The Morgan fingerprint density at radius 2 is 2.25 bits per heavy atom. The lowest BCUT2D eigenvalue weighted by Gasteiger charge is -2.14. The molecule has 0 fully saturated rings. The van der Waals surface area contributed by atoms with E-state index in [0.29, 0.717) is 18.8 Å². The topological polar surface area (TPSA) is 79.0 Å². The molecule has 0 radical (unpaired) electrons. The molecule has 1 aromatic heterocycles. The van der Waals surface area contributed by atoms with Gasteiger partial charge in [0.2, 0.25) is 0 Å². The van der Waals surface area contributed by atoms with Gasteiger partial charge in [0, 0.05) is 36.5 Å². The zero-order chi connectivity index (χ0) is 16.2. The number of aromatic nitrogens is 2. The average Bonchev–Trinajstić information content (AvgIpc) is 2.99. The molecule has 2 heterocycles. The summed E-state index contributed by atoms with van der Waals surface area (Å²) in [6, 6.07) is 5.68. The third kappa shape index (κ3) is 3.88. The number of fused-ring (bicyclic) bond motifs is 1. The number of H-pyrrole nitrogens is 1. The molecule has 0 atom stereocenters. The number of hydrogen-bond acceptors (Lipinski definition) is 4. The highest BCUT2D eigenvalue weighted by atomic mass is 35.5. The quantitative estimate of drug-likeness (QED) is 0.774. The number of anilines is 1. The lowest BCUT2D eigenvalue weighted by molar-refractivity contribution is 0.102. The Labute approximate surface area is 147 Å². The van der Waals surface area contributed by atoms with Crippen LogP contribution in [0.4, 0.5) is 5.69 Å². The lowest BCUT2D eigenvalue weighted by atomic mass is 10.1. The Kier molecular flexibility index (Phi) is 6.23. The Hall–Kier alpha value is -2.05. The molecular formula is C17H23ClN4O2. The highest BCUT2D eigenvalue weighted by molar-refractivity contribution is 6.04. The van der Waals surface area contributed by atoms with Crippen LogP contribution in [0.15, 0.2) is 18.2 Å². The standard InChI is InChI=1S/C17H22N4O2.ClH/c1-3-8-23-12-4-5-14(11(2)9-12)19-17(22)16-13-10-18-7-6-15(13)20-21-16;/h4-5,9,18H,3,6-8,10H2,1-2H3,(H,19,22)(H,20,21);1H. The number of amides is 1. The number of ether oxygens (including phenoxy) is 1. The normalized spacial score (nSPS) is 12.9. The summed E-state index contributed by atoms with van der Waals surface area (Å²) in [5.41, 5.74) is 4.23. The van der Waals surface area contributed by atoms with Crippen LogP contribution < -0.4 is 15.4 Å². The van der Waals surface area contributed by atoms with E-state index < -0.39 is 0 Å². The number of aromatic amines is 1. The largest absolute Gasteiger partial charge is 0.494 e. The van der Waals surface area contributed by atoms with Gasteiger partial charge in [-0.15, -0.1) is 12.4 Å². The van der Waals surface area contributed by atoms with Gasteiger partial charge in [0.25, 0.3) is 5.91 Å². The summed E-state index contributed by atoms with van der Waals surface area (Å²) in [5.74, 6) is 0.639. The van der Waals surface area contributed by atoms with E-state index in [2.05, 4.69) is 27.8 Å². The fraction of sp³-hybridized carbons (Fsp3) is 0.412. The minimum absolute atomic E-state index is 0. The van der Waals surface area contributed by atoms with E-state index in [0.717, 1.165) is 47.6 Å². The van der Waals surface area contributed by atoms with Crippen LogP contribution in [-0.2, 0) is 13.0 Å². The molecule has 0 spiro atoms. The highest BCUT2D eigenvalue weighted by Gasteiger charge is 2.21. The summed E-state index contributed by atoms with van der Waals surface area (Å²) in [6.45, 7) is 6.31. The van der Waals surface area contributed by atoms with Crippen LogP contribution in [0.1, 0.15) is 40.7 Å². The molecule has 0 unspecified atom stereocenters. The fourth-order valence-electron chi connectivity index (χ4n) is 2.68. The van der Waals surface area contributed by atoms with Crippen molar-refractivity contribution in [2.45, 2.75) is 33.2 Å². The zero-order valence-corrected chi connectivity index (χ0v) is 14.8. The van der Waals surface area contributed by atoms with Gasteiger partial charge < -0.3 is 15.4 Å². The first-order chi connectivity index (χ1) is 11.2. The van der Waals surface area contributed by atoms with Gasteiger partial charge in [-0.3, -0.25) is 9.89 Å². The Morgan fingerprint density at radius 3 is 3.00 bits per heavy atom. The first-order valence-electron chi connectivity index (χ1n) is 8.00. The number of carbonyl (C=O) groups is 1. The summed E-state index contributed by atoms with van der Waals surface area (Å²) in [6.07, 6.45) is 1.84. The van der Waals surface area contributed by atoms with E-state index in [-0.39, 0.29) is 18.3 Å². The molecule has 1 aliphatic rings. The Balaban J connectivity index is 0.00000208. The number of hydrogen-bond donors (Lipinski definition) is 3. The monoisotopic (exact) mass is 350 g/mol. The van der Waals surface area contributed by atoms with Crippen LogP contribution in [-0.4, -0.2) is 29.3 Å². The second-order valence-corrected chi connectivity index (χ2v) is 5.74. The van der Waals surface area contributed by atoms with E-state index in [4.69, 9.17) is 4.74 Å². The van der Waals surface area contributed by atoms with Crippen molar-refractivity contribution < 1.29 is 9.53 Å². The van der Waals surface area contributed by atoms with Gasteiger partial charge in [-0.2, -0.15) is 5.10 Å². The maximum Gasteiger partial charge on any atom is 0.276 e. The van der Waals surface area contributed by atoms with Gasteiger partial charge >= 0.3 is 0 Å². The molecule has 3 rings (SSSR count). The first kappa shape index (κ1) is 18.3. The molecule has 130 valence electrons. The van der Waals surface area contributed by atoms with Crippen LogP contribution in [0.2, 0.25) is 0 Å². The SMILES string of the molecule is CCCOc1ccc(NC(=O)c2n[nH]c3c2CNCC3)c(C)c1.Cl. The molecule has 1 aromatic carbocycles. The van der Waals surface area contributed by atoms with E-state index in [1.807, 2.05) is 25.1 Å². The van der Waals surface area contributed by atoms with Gasteiger partial charge in [0.1, 0.15) is 5.75 Å². The summed E-state index contributed by atoms with van der Waals surface area (Å²) < 4.78 is 5.60. The average molecular weight is 351 g/mol. The van der Waals surface area contributed by atoms with Gasteiger partial charge in [0.15, 0.2) is 5.69 Å². The summed E-state index contributed by atoms with van der Waals surface area (Å²) in [7, 11) is 0. The van der Waals surface area contributed by atoms with Crippen molar-refractivity contribution in [3.63, 3.8) is 0 Å². The number of benzene rings is 1. The summed E-state index contributed by atoms with van der Waals surface area (Å²) in [4.78, 5) is 12.5. The maximum absolute atomic E-state index is 12.5. The second-order valence-electron chi connectivity index (χ2n) is 5.74. The fourth-order valence-corrected chi connectivity index (χ4v) is 2.68. The second kappa shape index (κ2) is 8.17. The molecule has 0 saturated carbocycles. The number of nitrogens with one attached hydrogen (secondary N) is 3. The van der Waals surface area contributed by atoms with Crippen molar-refractivity contribution in [1.29, 1.82) is 0 Å². The van der Waals surface area contributed by atoms with Crippen molar-refractivity contribution in [2.24, 2.45) is 0 Å². The molecular weight excluding hydrogens is 328 g/mol. The molecule has 0 bridgehead atoms. The van der Waals surface area contributed by atoms with Crippen LogP contribution in [0.25, 0.3) is 0 Å². The third-order valence-corrected chi connectivity index (χ3v) is 3.94. The van der Waals surface area contributed by atoms with Crippen LogP contribution in [0.3, 0.4) is 0 Å². The number of carbonyl (C=O) groups excluding carboxylic acids is 1. The minimum atomic E-state index is -0.184. The molecule has 7 heteroatoms. The third-order valence-electron chi connectivity index (χ3n) is 3.94. The van der Waals surface area contributed by atoms with Gasteiger partial charge in [-0.25, -0.2) is 0 Å². The first-order valence-corrected chi connectivity index (χ1v) is 8.00. The van der Waals surface area contributed by atoms with Gasteiger partial charge in [-0.1, -0.05) is 6.92 Å². The Bertz CT molecular complexity index is 715. The zero-order valence-electron chi connectivity index (χ0n) is 13.9. The number of nitrogens with zero attached hydrogens (tertiary/aromatic N) is 1. The molecule has 1 amide bonds. The van der Waals surface area contributed by atoms with Crippen molar-refractivity contribution in [3.8, 4) is 5.75 Å². The van der Waals surface area contributed by atoms with Gasteiger partial charge in [-0.05, 0) is 37.1 Å². The van der Waals surface area contributed by atoms with Crippen molar-refractivity contribution in [1.82, 2.24) is 15.5 Å². The minimum Gasteiger partial charge on any atom is -0.494 e. The highest BCUT2D eigenvalue weighted by Crippen LogP contribution is 2.23. The van der Waals surface area contributed by atoms with Crippen molar-refractivity contribution in [3.05, 3.63) is 40.7 Å². The molecule has 0 aliphatic carbocycles. The van der Waals surface area contributed by atoms with E-state index in [1.54, 1.807) is 0 Å². The van der Waals surface area contributed by atoms with Crippen LogP contribution >= 0.6 is 12.4 Å². The summed E-state index contributed by atoms with van der Waals surface area (Å²) >= 11 is 0. The summed E-state index contributed by atoms with van der Waals surface area (Å²) in [5, 5.41) is 13.4. The van der Waals surface area contributed by atoms with Crippen LogP contribution in [0, 0.1) is 6.92 Å². The van der Waals surface area contributed by atoms with Crippen LogP contribution in [0.5, 0.6) is 5.75 Å². The lowest BCUT2D eigenvalue weighted by Crippen LogP contribution is -2.25. The molecule has 24 heavy (non-hydrogen) atoms. The van der Waals surface area contributed by atoms with E-state index in [9.17, 15) is 4.79 Å². The molecule has 3 N–H and O–H groups in total. The number of rotatable bonds is 5. The predicted molar refractivity (Wildman–Crippen MR) is 96.2 cm³/mol. The molecule has 6 nitrogen and oxygen atoms in total. The molecule has 0 saturated heterocycles. The van der Waals surface area contributed by atoms with Crippen molar-refractivity contribution >= 4 is 24.0 Å². The number of halogens is 1. The van der Waals surface area contributed by atoms with E-state index >= 15 is 0 Å². The molecule has 1 aliphatic heterocycles. The molecule has 2 aromatic rings. The number of aryl methyl sites for hydroxylation is 1.